The molecule has 0 atom stereocenters. The molecule has 0 fully saturated rings. The molecule has 0 saturated heterocycles. The standard InChI is InChI=1S/C15H12FNO/c1-2-11-12-4-3-7-17-14(12)9-18-15-8-10(16)5-6-13(11)15/h2-8H,9H2,1H3/b11-2-. The maximum absolute atomic E-state index is 13.3. The second-order valence-electron chi connectivity index (χ2n) is 4.13. The van der Waals surface area contributed by atoms with Crippen molar-refractivity contribution in [2.24, 2.45) is 0 Å². The van der Waals surface area contributed by atoms with E-state index in [4.69, 9.17) is 4.74 Å². The average molecular weight is 241 g/mol. The number of allylic oxidation sites excluding steroid dienone is 1. The van der Waals surface area contributed by atoms with Crippen molar-refractivity contribution in [1.82, 2.24) is 4.98 Å². The number of hydrogen-bond acceptors (Lipinski definition) is 2. The Morgan fingerprint density at radius 1 is 1.28 bits per heavy atom. The number of nitrogens with zero attached hydrogens (tertiary/aromatic N) is 1. The van der Waals surface area contributed by atoms with Crippen molar-refractivity contribution in [2.75, 3.05) is 0 Å². The van der Waals surface area contributed by atoms with Crippen LogP contribution in [0.3, 0.4) is 0 Å². The van der Waals surface area contributed by atoms with Crippen LogP contribution in [0.5, 0.6) is 5.75 Å². The summed E-state index contributed by atoms with van der Waals surface area (Å²) < 4.78 is 18.9. The first-order valence-electron chi connectivity index (χ1n) is 5.83. The first kappa shape index (κ1) is 11.0. The molecule has 0 spiro atoms. The summed E-state index contributed by atoms with van der Waals surface area (Å²) in [5, 5.41) is 0. The molecule has 0 bridgehead atoms. The van der Waals surface area contributed by atoms with Gasteiger partial charge >= 0.3 is 0 Å². The monoisotopic (exact) mass is 241 g/mol. The van der Waals surface area contributed by atoms with Gasteiger partial charge < -0.3 is 4.74 Å². The minimum atomic E-state index is -0.289. The molecule has 2 nitrogen and oxygen atoms in total. The lowest BCUT2D eigenvalue weighted by Gasteiger charge is -2.09. The zero-order chi connectivity index (χ0) is 12.5. The highest BCUT2D eigenvalue weighted by atomic mass is 19.1. The minimum absolute atomic E-state index is 0.289. The highest BCUT2D eigenvalue weighted by Crippen LogP contribution is 2.36. The van der Waals surface area contributed by atoms with Gasteiger partial charge in [-0.3, -0.25) is 4.98 Å². The van der Waals surface area contributed by atoms with Gasteiger partial charge in [0.2, 0.25) is 0 Å². The Labute approximate surface area is 105 Å². The molecule has 0 unspecified atom stereocenters. The molecule has 90 valence electrons. The van der Waals surface area contributed by atoms with E-state index in [9.17, 15) is 4.39 Å². The van der Waals surface area contributed by atoms with Crippen molar-refractivity contribution < 1.29 is 9.13 Å². The Morgan fingerprint density at radius 3 is 3.00 bits per heavy atom. The highest BCUT2D eigenvalue weighted by molar-refractivity contribution is 5.84. The van der Waals surface area contributed by atoms with Gasteiger partial charge in [-0.05, 0) is 30.7 Å². The van der Waals surface area contributed by atoms with E-state index in [1.54, 1.807) is 12.3 Å². The molecule has 1 aromatic carbocycles. The SMILES string of the molecule is C/C=C1\c2ccc(F)cc2OCc2ncccc21. The number of halogens is 1. The molecule has 0 radical (unpaired) electrons. The summed E-state index contributed by atoms with van der Waals surface area (Å²) in [5.74, 6) is 0.282. The van der Waals surface area contributed by atoms with E-state index in [1.807, 2.05) is 25.1 Å². The van der Waals surface area contributed by atoms with Crippen molar-refractivity contribution in [3.63, 3.8) is 0 Å². The number of ether oxygens (including phenoxy) is 1. The van der Waals surface area contributed by atoms with Gasteiger partial charge in [0.25, 0.3) is 0 Å². The lowest BCUT2D eigenvalue weighted by molar-refractivity contribution is 0.301. The fourth-order valence-corrected chi connectivity index (χ4v) is 2.24. The van der Waals surface area contributed by atoms with E-state index < -0.39 is 0 Å². The largest absolute Gasteiger partial charge is 0.487 e. The van der Waals surface area contributed by atoms with E-state index in [0.29, 0.717) is 12.4 Å². The number of aromatic nitrogens is 1. The summed E-state index contributed by atoms with van der Waals surface area (Å²) in [6, 6.07) is 8.54. The molecular weight excluding hydrogens is 229 g/mol. The molecule has 2 aromatic rings. The number of benzene rings is 1. The van der Waals surface area contributed by atoms with Crippen molar-refractivity contribution in [2.45, 2.75) is 13.5 Å². The highest BCUT2D eigenvalue weighted by Gasteiger charge is 2.19. The first-order chi connectivity index (χ1) is 8.79. The predicted molar refractivity (Wildman–Crippen MR) is 67.7 cm³/mol. The average Bonchev–Trinajstić information content (AvgIpc) is 2.55. The van der Waals surface area contributed by atoms with Gasteiger partial charge in [0.1, 0.15) is 18.2 Å². The number of hydrogen-bond donors (Lipinski definition) is 0. The van der Waals surface area contributed by atoms with Crippen LogP contribution in [-0.4, -0.2) is 4.98 Å². The summed E-state index contributed by atoms with van der Waals surface area (Å²) in [5.41, 5.74) is 3.86. The molecule has 0 amide bonds. The van der Waals surface area contributed by atoms with Gasteiger partial charge in [0, 0.05) is 23.4 Å². The van der Waals surface area contributed by atoms with E-state index in [-0.39, 0.29) is 5.82 Å². The van der Waals surface area contributed by atoms with Gasteiger partial charge in [0.05, 0.1) is 5.69 Å². The molecule has 18 heavy (non-hydrogen) atoms. The molecule has 0 aliphatic carbocycles. The zero-order valence-electron chi connectivity index (χ0n) is 9.98. The second-order valence-corrected chi connectivity index (χ2v) is 4.13. The summed E-state index contributed by atoms with van der Waals surface area (Å²) in [7, 11) is 0. The van der Waals surface area contributed by atoms with Gasteiger partial charge in [-0.1, -0.05) is 12.1 Å². The van der Waals surface area contributed by atoms with Crippen LogP contribution >= 0.6 is 0 Å². The van der Waals surface area contributed by atoms with Gasteiger partial charge in [-0.15, -0.1) is 0 Å². The molecule has 1 aliphatic rings. The molecular formula is C15H12FNO. The predicted octanol–water partition coefficient (Wildman–Crippen LogP) is 3.56. The Bertz CT molecular complexity index is 634. The van der Waals surface area contributed by atoms with Crippen LogP contribution in [0.15, 0.2) is 42.6 Å². The normalized spacial score (nSPS) is 15.6. The maximum Gasteiger partial charge on any atom is 0.131 e. The Balaban J connectivity index is 2.25. The van der Waals surface area contributed by atoms with E-state index >= 15 is 0 Å². The number of rotatable bonds is 0. The fraction of sp³-hybridized carbons (Fsp3) is 0.133. The third kappa shape index (κ3) is 1.68. The van der Waals surface area contributed by atoms with Crippen molar-refractivity contribution in [3.8, 4) is 5.75 Å². The summed E-state index contributed by atoms with van der Waals surface area (Å²) in [4.78, 5) is 4.32. The maximum atomic E-state index is 13.3. The Morgan fingerprint density at radius 2 is 2.17 bits per heavy atom. The van der Waals surface area contributed by atoms with Crippen LogP contribution < -0.4 is 4.74 Å². The third-order valence-electron chi connectivity index (χ3n) is 3.07. The van der Waals surface area contributed by atoms with Crippen molar-refractivity contribution >= 4 is 5.57 Å². The van der Waals surface area contributed by atoms with Crippen molar-refractivity contribution in [3.05, 3.63) is 65.2 Å². The molecule has 1 aromatic heterocycles. The smallest absolute Gasteiger partial charge is 0.131 e. The third-order valence-corrected chi connectivity index (χ3v) is 3.07. The Kier molecular flexibility index (Phi) is 2.59. The van der Waals surface area contributed by atoms with E-state index in [1.165, 1.54) is 12.1 Å². The second kappa shape index (κ2) is 4.26. The molecule has 0 N–H and O–H groups in total. The topological polar surface area (TPSA) is 22.1 Å². The van der Waals surface area contributed by atoms with E-state index in [2.05, 4.69) is 4.98 Å². The number of pyridine rings is 1. The van der Waals surface area contributed by atoms with Gasteiger partial charge in [0.15, 0.2) is 0 Å². The van der Waals surface area contributed by atoms with Crippen molar-refractivity contribution in [1.29, 1.82) is 0 Å². The summed E-state index contributed by atoms with van der Waals surface area (Å²) in [6.07, 6.45) is 3.75. The van der Waals surface area contributed by atoms with Crippen LogP contribution in [0, 0.1) is 5.82 Å². The van der Waals surface area contributed by atoms with Crippen LogP contribution in [-0.2, 0) is 6.61 Å². The quantitative estimate of drug-likeness (QED) is 0.703. The minimum Gasteiger partial charge on any atom is -0.487 e. The summed E-state index contributed by atoms with van der Waals surface area (Å²) >= 11 is 0. The van der Waals surface area contributed by atoms with Gasteiger partial charge in [-0.25, -0.2) is 4.39 Å². The first-order valence-corrected chi connectivity index (χ1v) is 5.83. The molecule has 3 heteroatoms. The molecule has 0 saturated carbocycles. The Hall–Kier alpha value is -2.16. The van der Waals surface area contributed by atoms with E-state index in [0.717, 1.165) is 22.4 Å². The molecule has 1 aliphatic heterocycles. The van der Waals surface area contributed by atoms with Crippen LogP contribution in [0.25, 0.3) is 5.57 Å². The molecule has 2 heterocycles. The molecule has 3 rings (SSSR count). The van der Waals surface area contributed by atoms with Gasteiger partial charge in [-0.2, -0.15) is 0 Å². The fourth-order valence-electron chi connectivity index (χ4n) is 2.24. The van der Waals surface area contributed by atoms with Crippen LogP contribution in [0.1, 0.15) is 23.7 Å². The lowest BCUT2D eigenvalue weighted by atomic mass is 9.97. The number of fused-ring (bicyclic) bond motifs is 2. The summed E-state index contributed by atoms with van der Waals surface area (Å²) in [6.45, 7) is 2.33. The lowest BCUT2D eigenvalue weighted by Crippen LogP contribution is -1.98. The van der Waals surface area contributed by atoms with Crippen LogP contribution in [0.2, 0.25) is 0 Å². The zero-order valence-corrected chi connectivity index (χ0v) is 9.98. The van der Waals surface area contributed by atoms with Crippen LogP contribution in [0.4, 0.5) is 4.39 Å².